The summed E-state index contributed by atoms with van der Waals surface area (Å²) < 4.78 is -1.95. The van der Waals surface area contributed by atoms with E-state index in [0.29, 0.717) is 0 Å². The highest BCUT2D eigenvalue weighted by Gasteiger charge is 2.29. The molecule has 1 aromatic heterocycles. The van der Waals surface area contributed by atoms with Crippen molar-refractivity contribution < 1.29 is 15.0 Å². The van der Waals surface area contributed by atoms with Gasteiger partial charge in [-0.2, -0.15) is 0 Å². The second-order valence-electron chi connectivity index (χ2n) is 2.37. The maximum absolute atomic E-state index is 10.5. The Morgan fingerprint density at radius 1 is 1.36 bits per heavy atom. The number of hydrogen-bond donors (Lipinski definition) is 2. The minimum absolute atomic E-state index is 0.302. The average molecular weight is 256 g/mol. The van der Waals surface area contributed by atoms with Crippen LogP contribution in [0.2, 0.25) is 0 Å². The number of pyridine rings is 1. The molecule has 76 valence electrons. The monoisotopic (exact) mass is 255 g/mol. The average Bonchev–Trinajstić information content (AvgIpc) is 2.02. The molecule has 0 aliphatic rings. The number of aromatic hydroxyl groups is 1. The summed E-state index contributed by atoms with van der Waals surface area (Å²) in [4.78, 5) is 14.0. The number of aromatic carboxylic acids is 1. The van der Waals surface area contributed by atoms with E-state index in [0.717, 1.165) is 12.1 Å². The Morgan fingerprint density at radius 3 is 2.36 bits per heavy atom. The first kappa shape index (κ1) is 11.4. The highest BCUT2D eigenvalue weighted by molar-refractivity contribution is 6.66. The summed E-state index contributed by atoms with van der Waals surface area (Å²) in [5, 5.41) is 17.8. The number of carboxylic acid groups (broad SMARTS) is 1. The molecule has 0 aromatic carbocycles. The van der Waals surface area contributed by atoms with Crippen LogP contribution in [-0.4, -0.2) is 21.2 Å². The summed E-state index contributed by atoms with van der Waals surface area (Å²) in [7, 11) is 0. The zero-order chi connectivity index (χ0) is 10.9. The number of carbonyl (C=O) groups is 1. The molecule has 0 amide bonds. The quantitative estimate of drug-likeness (QED) is 0.757. The molecule has 0 aliphatic carbocycles. The zero-order valence-electron chi connectivity index (χ0n) is 6.54. The van der Waals surface area contributed by atoms with Gasteiger partial charge in [-0.3, -0.25) is 0 Å². The summed E-state index contributed by atoms with van der Waals surface area (Å²) >= 11 is 16.4. The first-order valence-corrected chi connectivity index (χ1v) is 4.46. The van der Waals surface area contributed by atoms with Crippen molar-refractivity contribution in [2.45, 2.75) is 3.79 Å². The number of carboxylic acids is 1. The highest BCUT2D eigenvalue weighted by Crippen LogP contribution is 2.41. The Bertz CT molecular complexity index is 375. The van der Waals surface area contributed by atoms with E-state index in [4.69, 9.17) is 39.9 Å². The van der Waals surface area contributed by atoms with Crippen LogP contribution >= 0.6 is 34.8 Å². The van der Waals surface area contributed by atoms with Gasteiger partial charge in [0.2, 0.25) is 3.79 Å². The van der Waals surface area contributed by atoms with Crippen LogP contribution in [0.1, 0.15) is 16.2 Å². The van der Waals surface area contributed by atoms with Gasteiger partial charge in [0.15, 0.2) is 0 Å². The van der Waals surface area contributed by atoms with E-state index in [1.54, 1.807) is 0 Å². The third kappa shape index (κ3) is 2.41. The third-order valence-corrected chi connectivity index (χ3v) is 1.90. The van der Waals surface area contributed by atoms with Crippen molar-refractivity contribution in [2.75, 3.05) is 0 Å². The van der Waals surface area contributed by atoms with Gasteiger partial charge >= 0.3 is 5.97 Å². The minimum atomic E-state index is -1.95. The molecular weight excluding hydrogens is 252 g/mol. The van der Waals surface area contributed by atoms with Crippen molar-refractivity contribution in [3.63, 3.8) is 0 Å². The van der Waals surface area contributed by atoms with Crippen LogP contribution < -0.4 is 0 Å². The van der Waals surface area contributed by atoms with Gasteiger partial charge in [-0.05, 0) is 12.1 Å². The summed E-state index contributed by atoms with van der Waals surface area (Å²) in [6.45, 7) is 0. The molecule has 14 heavy (non-hydrogen) atoms. The van der Waals surface area contributed by atoms with Gasteiger partial charge in [0.1, 0.15) is 17.1 Å². The third-order valence-electron chi connectivity index (χ3n) is 1.36. The van der Waals surface area contributed by atoms with Gasteiger partial charge in [-0.1, -0.05) is 34.8 Å². The minimum Gasteiger partial charge on any atom is -0.506 e. The van der Waals surface area contributed by atoms with E-state index in [2.05, 4.69) is 4.98 Å². The number of nitrogens with zero attached hydrogens (tertiary/aromatic N) is 1. The molecule has 0 radical (unpaired) electrons. The SMILES string of the molecule is O=C(O)c1ccc(O)c(C(Cl)(Cl)Cl)n1. The van der Waals surface area contributed by atoms with Crippen molar-refractivity contribution in [3.05, 3.63) is 23.5 Å². The second kappa shape index (κ2) is 3.81. The molecule has 0 atom stereocenters. The van der Waals surface area contributed by atoms with Crippen molar-refractivity contribution in [1.82, 2.24) is 4.98 Å². The smallest absolute Gasteiger partial charge is 0.354 e. The Labute approximate surface area is 94.0 Å². The van der Waals surface area contributed by atoms with Crippen molar-refractivity contribution in [1.29, 1.82) is 0 Å². The van der Waals surface area contributed by atoms with Crippen LogP contribution in [0.4, 0.5) is 0 Å². The van der Waals surface area contributed by atoms with Gasteiger partial charge in [0.25, 0.3) is 0 Å². The van der Waals surface area contributed by atoms with Crippen LogP contribution in [0.3, 0.4) is 0 Å². The van der Waals surface area contributed by atoms with E-state index in [1.807, 2.05) is 0 Å². The molecule has 1 aromatic rings. The molecule has 1 heterocycles. The normalized spacial score (nSPS) is 11.4. The highest BCUT2D eigenvalue weighted by atomic mass is 35.6. The molecule has 0 aliphatic heterocycles. The summed E-state index contributed by atoms with van der Waals surface area (Å²) in [5.74, 6) is -1.63. The lowest BCUT2D eigenvalue weighted by atomic mass is 10.3. The number of rotatable bonds is 1. The molecule has 4 nitrogen and oxygen atoms in total. The molecule has 0 saturated heterocycles. The van der Waals surface area contributed by atoms with Crippen molar-refractivity contribution >= 4 is 40.8 Å². The van der Waals surface area contributed by atoms with Gasteiger partial charge in [-0.15, -0.1) is 0 Å². The van der Waals surface area contributed by atoms with Gasteiger partial charge in [0.05, 0.1) is 0 Å². The fourth-order valence-electron chi connectivity index (χ4n) is 0.780. The van der Waals surface area contributed by atoms with E-state index >= 15 is 0 Å². The predicted molar refractivity (Wildman–Crippen MR) is 52.1 cm³/mol. The Kier molecular flexibility index (Phi) is 3.09. The molecule has 0 saturated carbocycles. The Balaban J connectivity index is 3.29. The summed E-state index contributed by atoms with van der Waals surface area (Å²) in [6, 6.07) is 2.21. The molecular formula is C7H4Cl3NO3. The number of alkyl halides is 3. The van der Waals surface area contributed by atoms with Crippen LogP contribution in [0, 0.1) is 0 Å². The first-order chi connectivity index (χ1) is 6.32. The predicted octanol–water partition coefficient (Wildman–Crippen LogP) is 2.31. The number of halogens is 3. The fraction of sp³-hybridized carbons (Fsp3) is 0.143. The van der Waals surface area contributed by atoms with Crippen LogP contribution in [0.25, 0.3) is 0 Å². The maximum atomic E-state index is 10.5. The molecule has 2 N–H and O–H groups in total. The lowest BCUT2D eigenvalue weighted by Crippen LogP contribution is -2.09. The zero-order valence-corrected chi connectivity index (χ0v) is 8.81. The summed E-state index contributed by atoms with van der Waals surface area (Å²) in [6.07, 6.45) is 0. The lowest BCUT2D eigenvalue weighted by molar-refractivity contribution is 0.0690. The topological polar surface area (TPSA) is 70.4 Å². The summed E-state index contributed by atoms with van der Waals surface area (Å²) in [5.41, 5.74) is -0.605. The number of aromatic nitrogens is 1. The maximum Gasteiger partial charge on any atom is 0.354 e. The molecule has 0 fully saturated rings. The van der Waals surface area contributed by atoms with Crippen LogP contribution in [-0.2, 0) is 3.79 Å². The van der Waals surface area contributed by atoms with Crippen LogP contribution in [0.5, 0.6) is 5.75 Å². The van der Waals surface area contributed by atoms with Crippen LogP contribution in [0.15, 0.2) is 12.1 Å². The van der Waals surface area contributed by atoms with Gasteiger partial charge in [-0.25, -0.2) is 9.78 Å². The second-order valence-corrected chi connectivity index (χ2v) is 4.65. The standard InChI is InChI=1S/C7H4Cl3NO3/c8-7(9,10)5-4(12)2-1-3(11-5)6(13)14/h1-2,12H,(H,13,14). The van der Waals surface area contributed by atoms with E-state index in [-0.39, 0.29) is 17.1 Å². The molecule has 0 spiro atoms. The van der Waals surface area contributed by atoms with Gasteiger partial charge < -0.3 is 10.2 Å². The molecule has 0 unspecified atom stereocenters. The largest absolute Gasteiger partial charge is 0.506 e. The van der Waals surface area contributed by atoms with Crippen molar-refractivity contribution in [3.8, 4) is 5.75 Å². The number of hydrogen-bond acceptors (Lipinski definition) is 3. The van der Waals surface area contributed by atoms with Crippen molar-refractivity contribution in [2.24, 2.45) is 0 Å². The Morgan fingerprint density at radius 2 is 1.93 bits per heavy atom. The first-order valence-electron chi connectivity index (χ1n) is 3.33. The van der Waals surface area contributed by atoms with Gasteiger partial charge in [0, 0.05) is 0 Å². The Hall–Kier alpha value is -0.710. The lowest BCUT2D eigenvalue weighted by Gasteiger charge is -2.11. The fourth-order valence-corrected chi connectivity index (χ4v) is 1.20. The van der Waals surface area contributed by atoms with E-state index in [1.165, 1.54) is 0 Å². The van der Waals surface area contributed by atoms with E-state index < -0.39 is 9.76 Å². The van der Waals surface area contributed by atoms with E-state index in [9.17, 15) is 9.90 Å². The molecule has 0 bridgehead atoms. The molecule has 7 heteroatoms. The molecule has 1 rings (SSSR count).